The molecule has 0 unspecified atom stereocenters. The number of amides is 1. The summed E-state index contributed by atoms with van der Waals surface area (Å²) in [4.78, 5) is 32.7. The standard InChI is InChI=1S/C29H24ClN5O4/c30-23-9-6-20(7-10-23)28-25(19-32-12-14-33(15-13-32)29(36)26-5-2-16-39-26)34-18-22(8-11-27(34)31-28)21-3-1-4-24(17-21)35(37)38/h1-11,16-18H,12-15,19H2. The first-order valence-corrected chi connectivity index (χ1v) is 12.9. The molecule has 4 heterocycles. The van der Waals surface area contributed by atoms with Crippen LogP contribution < -0.4 is 0 Å². The molecule has 1 aliphatic heterocycles. The van der Waals surface area contributed by atoms with Crippen molar-refractivity contribution in [2.24, 2.45) is 0 Å². The highest BCUT2D eigenvalue weighted by atomic mass is 35.5. The van der Waals surface area contributed by atoms with E-state index in [4.69, 9.17) is 21.0 Å². The summed E-state index contributed by atoms with van der Waals surface area (Å²) < 4.78 is 7.34. The molecule has 0 spiro atoms. The van der Waals surface area contributed by atoms with Crippen LogP contribution in [-0.2, 0) is 6.54 Å². The summed E-state index contributed by atoms with van der Waals surface area (Å²) >= 11 is 6.15. The van der Waals surface area contributed by atoms with Gasteiger partial charge in [0, 0.05) is 61.6 Å². The van der Waals surface area contributed by atoms with E-state index in [0.29, 0.717) is 43.5 Å². The predicted octanol–water partition coefficient (Wildman–Crippen LogP) is 5.78. The molecule has 0 atom stereocenters. The summed E-state index contributed by atoms with van der Waals surface area (Å²) in [5, 5.41) is 12.0. The van der Waals surface area contributed by atoms with Crippen molar-refractivity contribution in [1.29, 1.82) is 0 Å². The molecule has 0 aliphatic carbocycles. The van der Waals surface area contributed by atoms with Gasteiger partial charge in [0.15, 0.2) is 5.76 Å². The maximum Gasteiger partial charge on any atom is 0.289 e. The van der Waals surface area contributed by atoms with Gasteiger partial charge in [-0.15, -0.1) is 0 Å². The molecule has 0 radical (unpaired) electrons. The van der Waals surface area contributed by atoms with Gasteiger partial charge in [0.1, 0.15) is 5.65 Å². The van der Waals surface area contributed by atoms with E-state index in [9.17, 15) is 14.9 Å². The summed E-state index contributed by atoms with van der Waals surface area (Å²) in [5.41, 5.74) is 5.20. The third-order valence-electron chi connectivity index (χ3n) is 6.99. The minimum atomic E-state index is -0.389. The second kappa shape index (κ2) is 10.4. The Balaban J connectivity index is 1.34. The number of nitrogens with zero attached hydrogens (tertiary/aromatic N) is 5. The van der Waals surface area contributed by atoms with Gasteiger partial charge < -0.3 is 13.7 Å². The molecule has 1 amide bonds. The molecule has 1 fully saturated rings. The first kappa shape index (κ1) is 24.8. The summed E-state index contributed by atoms with van der Waals surface area (Å²) in [6, 6.07) is 21.5. The van der Waals surface area contributed by atoms with Gasteiger partial charge in [0.2, 0.25) is 0 Å². The monoisotopic (exact) mass is 541 g/mol. The Morgan fingerprint density at radius 2 is 1.72 bits per heavy atom. The first-order chi connectivity index (χ1) is 19.0. The molecular formula is C29H24ClN5O4. The van der Waals surface area contributed by atoms with Gasteiger partial charge >= 0.3 is 0 Å². The molecule has 3 aromatic heterocycles. The van der Waals surface area contributed by atoms with Crippen molar-refractivity contribution < 1.29 is 14.1 Å². The van der Waals surface area contributed by atoms with Crippen LogP contribution in [0.3, 0.4) is 0 Å². The maximum atomic E-state index is 12.7. The van der Waals surface area contributed by atoms with Crippen LogP contribution in [0.4, 0.5) is 5.69 Å². The lowest BCUT2D eigenvalue weighted by Crippen LogP contribution is -2.48. The predicted molar refractivity (Wildman–Crippen MR) is 148 cm³/mol. The summed E-state index contributed by atoms with van der Waals surface area (Å²) in [5.74, 6) is 0.252. The van der Waals surface area contributed by atoms with Gasteiger partial charge in [-0.1, -0.05) is 35.9 Å². The van der Waals surface area contributed by atoms with Gasteiger partial charge in [-0.05, 0) is 47.5 Å². The number of carbonyl (C=O) groups is 1. The van der Waals surface area contributed by atoms with Crippen LogP contribution in [0.5, 0.6) is 0 Å². The zero-order valence-electron chi connectivity index (χ0n) is 20.9. The molecule has 5 aromatic rings. The zero-order valence-corrected chi connectivity index (χ0v) is 21.6. The van der Waals surface area contributed by atoms with Crippen molar-refractivity contribution in [1.82, 2.24) is 19.2 Å². The second-order valence-corrected chi connectivity index (χ2v) is 9.85. The fourth-order valence-corrected chi connectivity index (χ4v) is 5.06. The minimum Gasteiger partial charge on any atom is -0.459 e. The number of fused-ring (bicyclic) bond motifs is 1. The smallest absolute Gasteiger partial charge is 0.289 e. The molecule has 2 aromatic carbocycles. The topological polar surface area (TPSA) is 97.1 Å². The summed E-state index contributed by atoms with van der Waals surface area (Å²) in [7, 11) is 0. The van der Waals surface area contributed by atoms with Crippen molar-refractivity contribution in [2.75, 3.05) is 26.2 Å². The van der Waals surface area contributed by atoms with Gasteiger partial charge in [-0.25, -0.2) is 4.98 Å². The van der Waals surface area contributed by atoms with Crippen LogP contribution in [0, 0.1) is 10.1 Å². The number of nitro benzene ring substituents is 1. The SMILES string of the molecule is O=C(c1ccco1)N1CCN(Cc2c(-c3ccc(Cl)cc3)nc3ccc(-c4cccc([N+](=O)[O-])c4)cn23)CC1. The second-order valence-electron chi connectivity index (χ2n) is 9.41. The molecule has 0 N–H and O–H groups in total. The Labute approximate surface area is 229 Å². The van der Waals surface area contributed by atoms with Crippen molar-refractivity contribution in [3.63, 3.8) is 0 Å². The maximum absolute atomic E-state index is 12.7. The van der Waals surface area contributed by atoms with E-state index in [-0.39, 0.29) is 16.5 Å². The number of imidazole rings is 1. The van der Waals surface area contributed by atoms with Gasteiger partial charge in [0.05, 0.1) is 22.6 Å². The number of carbonyl (C=O) groups excluding carboxylic acids is 1. The van der Waals surface area contributed by atoms with Crippen LogP contribution in [0.2, 0.25) is 5.02 Å². The van der Waals surface area contributed by atoms with Crippen LogP contribution in [0.25, 0.3) is 28.0 Å². The average Bonchev–Trinajstić information content (AvgIpc) is 3.62. The molecular weight excluding hydrogens is 518 g/mol. The zero-order chi connectivity index (χ0) is 26.9. The average molecular weight is 542 g/mol. The third-order valence-corrected chi connectivity index (χ3v) is 7.24. The van der Waals surface area contributed by atoms with Crippen LogP contribution >= 0.6 is 11.6 Å². The Hall–Kier alpha value is -4.47. The lowest BCUT2D eigenvalue weighted by atomic mass is 10.1. The fraction of sp³-hybridized carbons (Fsp3) is 0.172. The van der Waals surface area contributed by atoms with E-state index < -0.39 is 0 Å². The van der Waals surface area contributed by atoms with Crippen molar-refractivity contribution in [2.45, 2.75) is 6.54 Å². The van der Waals surface area contributed by atoms with E-state index in [2.05, 4.69) is 9.30 Å². The van der Waals surface area contributed by atoms with E-state index in [0.717, 1.165) is 33.7 Å². The lowest BCUT2D eigenvalue weighted by Gasteiger charge is -2.34. The number of rotatable bonds is 6. The van der Waals surface area contributed by atoms with Crippen LogP contribution in [-0.4, -0.2) is 56.2 Å². The largest absolute Gasteiger partial charge is 0.459 e. The van der Waals surface area contributed by atoms with E-state index in [1.807, 2.05) is 53.6 Å². The van der Waals surface area contributed by atoms with Gasteiger partial charge in [-0.3, -0.25) is 19.8 Å². The summed E-state index contributed by atoms with van der Waals surface area (Å²) in [6.07, 6.45) is 3.49. The van der Waals surface area contributed by atoms with Crippen LogP contribution in [0.1, 0.15) is 16.2 Å². The highest BCUT2D eigenvalue weighted by Gasteiger charge is 2.25. The fourth-order valence-electron chi connectivity index (χ4n) is 4.93. The minimum absolute atomic E-state index is 0.0438. The van der Waals surface area contributed by atoms with Gasteiger partial charge in [0.25, 0.3) is 11.6 Å². The Bertz CT molecular complexity index is 1660. The normalized spacial score (nSPS) is 14.1. The number of aromatic nitrogens is 2. The number of benzene rings is 2. The number of nitro groups is 1. The molecule has 0 bridgehead atoms. The lowest BCUT2D eigenvalue weighted by molar-refractivity contribution is -0.384. The molecule has 6 rings (SSSR count). The molecule has 39 heavy (non-hydrogen) atoms. The van der Waals surface area contributed by atoms with Crippen LogP contribution in [0.15, 0.2) is 89.7 Å². The number of halogens is 1. The molecule has 1 saturated heterocycles. The molecule has 10 heteroatoms. The molecule has 9 nitrogen and oxygen atoms in total. The Morgan fingerprint density at radius 1 is 0.949 bits per heavy atom. The summed E-state index contributed by atoms with van der Waals surface area (Å²) in [6.45, 7) is 3.19. The number of hydrogen-bond acceptors (Lipinski definition) is 6. The van der Waals surface area contributed by atoms with Crippen molar-refractivity contribution in [3.05, 3.63) is 112 Å². The number of furan rings is 1. The van der Waals surface area contributed by atoms with Crippen molar-refractivity contribution >= 4 is 28.8 Å². The third kappa shape index (κ3) is 5.01. The van der Waals surface area contributed by atoms with Gasteiger partial charge in [-0.2, -0.15) is 0 Å². The number of hydrogen-bond donors (Lipinski definition) is 0. The van der Waals surface area contributed by atoms with E-state index in [1.54, 1.807) is 24.3 Å². The number of non-ortho nitro benzene ring substituents is 1. The van der Waals surface area contributed by atoms with E-state index >= 15 is 0 Å². The number of pyridine rings is 1. The molecule has 0 saturated carbocycles. The highest BCUT2D eigenvalue weighted by Crippen LogP contribution is 2.30. The highest BCUT2D eigenvalue weighted by molar-refractivity contribution is 6.30. The Morgan fingerprint density at radius 3 is 2.44 bits per heavy atom. The Kier molecular flexibility index (Phi) is 6.60. The quantitative estimate of drug-likeness (QED) is 0.200. The molecule has 196 valence electrons. The van der Waals surface area contributed by atoms with Crippen molar-refractivity contribution in [3.8, 4) is 22.4 Å². The number of piperazine rings is 1. The molecule has 1 aliphatic rings. The van der Waals surface area contributed by atoms with E-state index in [1.165, 1.54) is 12.3 Å². The first-order valence-electron chi connectivity index (χ1n) is 12.5.